The molecule has 3 heteroatoms. The minimum atomic E-state index is 0.542. The molecule has 0 atom stereocenters. The van der Waals surface area contributed by atoms with Gasteiger partial charge in [-0.15, -0.1) is 0 Å². The van der Waals surface area contributed by atoms with Gasteiger partial charge >= 0.3 is 0 Å². The van der Waals surface area contributed by atoms with Crippen molar-refractivity contribution in [3.63, 3.8) is 0 Å². The summed E-state index contributed by atoms with van der Waals surface area (Å²) in [5.74, 6) is 0.943. The van der Waals surface area contributed by atoms with E-state index in [4.69, 9.17) is 10.5 Å². The number of ether oxygens (including phenoxy) is 1. The van der Waals surface area contributed by atoms with Crippen LogP contribution in [0.5, 0.6) is 5.75 Å². The van der Waals surface area contributed by atoms with Crippen molar-refractivity contribution in [2.45, 2.75) is 45.2 Å². The molecular weight excluding hydrogens is 236 g/mol. The fraction of sp³-hybridized carbons (Fsp3) is 0.625. The lowest BCUT2D eigenvalue weighted by Gasteiger charge is -2.21. The molecule has 1 aliphatic rings. The SMILES string of the molecule is CCCN(CCCOc1ccccc1CN)C1CC1. The first kappa shape index (κ1) is 14.4. The number of rotatable bonds is 9. The third-order valence-electron chi connectivity index (χ3n) is 3.61. The Bertz CT molecular complexity index is 377. The molecule has 0 aromatic heterocycles. The Morgan fingerprint density at radius 2 is 2.05 bits per heavy atom. The Morgan fingerprint density at radius 1 is 1.26 bits per heavy atom. The van der Waals surface area contributed by atoms with Crippen LogP contribution in [0.4, 0.5) is 0 Å². The fourth-order valence-corrected chi connectivity index (χ4v) is 2.47. The Balaban J connectivity index is 1.70. The Kier molecular flexibility index (Phi) is 5.67. The highest BCUT2D eigenvalue weighted by molar-refractivity contribution is 5.32. The zero-order valence-electron chi connectivity index (χ0n) is 12.0. The molecule has 3 nitrogen and oxygen atoms in total. The molecule has 1 saturated carbocycles. The zero-order valence-corrected chi connectivity index (χ0v) is 12.0. The van der Waals surface area contributed by atoms with Crippen LogP contribution < -0.4 is 10.5 Å². The number of hydrogen-bond donors (Lipinski definition) is 1. The summed E-state index contributed by atoms with van der Waals surface area (Å²) < 4.78 is 5.85. The summed E-state index contributed by atoms with van der Waals surface area (Å²) in [7, 11) is 0. The molecule has 19 heavy (non-hydrogen) atoms. The molecule has 1 fully saturated rings. The van der Waals surface area contributed by atoms with Crippen LogP contribution in [-0.4, -0.2) is 30.6 Å². The quantitative estimate of drug-likeness (QED) is 0.695. The van der Waals surface area contributed by atoms with Gasteiger partial charge in [0, 0.05) is 24.7 Å². The number of para-hydroxylation sites is 1. The lowest BCUT2D eigenvalue weighted by molar-refractivity contribution is 0.226. The molecule has 0 amide bonds. The van der Waals surface area contributed by atoms with Crippen molar-refractivity contribution in [2.24, 2.45) is 5.73 Å². The molecule has 0 bridgehead atoms. The van der Waals surface area contributed by atoms with Gasteiger partial charge in [0.15, 0.2) is 0 Å². The molecular formula is C16H26N2O. The average Bonchev–Trinajstić information content (AvgIpc) is 3.27. The van der Waals surface area contributed by atoms with Gasteiger partial charge in [-0.25, -0.2) is 0 Å². The Morgan fingerprint density at radius 3 is 2.74 bits per heavy atom. The number of benzene rings is 1. The van der Waals surface area contributed by atoms with E-state index >= 15 is 0 Å². The molecule has 1 aromatic rings. The van der Waals surface area contributed by atoms with E-state index in [1.165, 1.54) is 25.8 Å². The maximum Gasteiger partial charge on any atom is 0.123 e. The lowest BCUT2D eigenvalue weighted by atomic mass is 10.2. The summed E-state index contributed by atoms with van der Waals surface area (Å²) in [6, 6.07) is 8.90. The van der Waals surface area contributed by atoms with Crippen LogP contribution in [-0.2, 0) is 6.54 Å². The monoisotopic (exact) mass is 262 g/mol. The summed E-state index contributed by atoms with van der Waals surface area (Å²) >= 11 is 0. The molecule has 1 aromatic carbocycles. The standard InChI is InChI=1S/C16H26N2O/c1-2-10-18(15-8-9-15)11-5-12-19-16-7-4-3-6-14(16)13-17/h3-4,6-7,15H,2,5,8-13,17H2,1H3. The van der Waals surface area contributed by atoms with Gasteiger partial charge in [0.1, 0.15) is 5.75 Å². The van der Waals surface area contributed by atoms with E-state index in [9.17, 15) is 0 Å². The van der Waals surface area contributed by atoms with Gasteiger partial charge in [-0.3, -0.25) is 0 Å². The highest BCUT2D eigenvalue weighted by atomic mass is 16.5. The van der Waals surface area contributed by atoms with Crippen LogP contribution in [0.2, 0.25) is 0 Å². The minimum Gasteiger partial charge on any atom is -0.493 e. The number of hydrogen-bond acceptors (Lipinski definition) is 3. The highest BCUT2D eigenvalue weighted by Crippen LogP contribution is 2.27. The molecule has 0 unspecified atom stereocenters. The number of nitrogens with two attached hydrogens (primary N) is 1. The predicted octanol–water partition coefficient (Wildman–Crippen LogP) is 2.79. The minimum absolute atomic E-state index is 0.542. The molecule has 0 saturated heterocycles. The van der Waals surface area contributed by atoms with Crippen molar-refractivity contribution < 1.29 is 4.74 Å². The first-order valence-electron chi connectivity index (χ1n) is 7.50. The fourth-order valence-electron chi connectivity index (χ4n) is 2.47. The van der Waals surface area contributed by atoms with Crippen LogP contribution in [0.15, 0.2) is 24.3 Å². The molecule has 0 radical (unpaired) electrons. The molecule has 0 spiro atoms. The van der Waals surface area contributed by atoms with E-state index in [1.807, 2.05) is 24.3 Å². The van der Waals surface area contributed by atoms with Crippen molar-refractivity contribution >= 4 is 0 Å². The van der Waals surface area contributed by atoms with Crippen LogP contribution in [0.1, 0.15) is 38.2 Å². The van der Waals surface area contributed by atoms with Gasteiger partial charge in [-0.2, -0.15) is 0 Å². The maximum absolute atomic E-state index is 5.85. The van der Waals surface area contributed by atoms with Crippen molar-refractivity contribution in [2.75, 3.05) is 19.7 Å². The highest BCUT2D eigenvalue weighted by Gasteiger charge is 2.27. The van der Waals surface area contributed by atoms with Crippen molar-refractivity contribution in [1.82, 2.24) is 4.90 Å². The second-order valence-corrected chi connectivity index (χ2v) is 5.28. The zero-order chi connectivity index (χ0) is 13.5. The van der Waals surface area contributed by atoms with Crippen LogP contribution in [0, 0.1) is 0 Å². The van der Waals surface area contributed by atoms with Gasteiger partial charge < -0.3 is 15.4 Å². The average molecular weight is 262 g/mol. The summed E-state index contributed by atoms with van der Waals surface area (Å²) in [5.41, 5.74) is 6.80. The summed E-state index contributed by atoms with van der Waals surface area (Å²) in [6.45, 7) is 5.96. The van der Waals surface area contributed by atoms with E-state index in [0.717, 1.165) is 36.9 Å². The maximum atomic E-state index is 5.85. The second kappa shape index (κ2) is 7.51. The first-order chi connectivity index (χ1) is 9.35. The van der Waals surface area contributed by atoms with Gasteiger partial charge in [0.25, 0.3) is 0 Å². The Hall–Kier alpha value is -1.06. The molecule has 106 valence electrons. The van der Waals surface area contributed by atoms with Gasteiger partial charge in [-0.1, -0.05) is 25.1 Å². The molecule has 0 heterocycles. The molecule has 2 rings (SSSR count). The van der Waals surface area contributed by atoms with Crippen LogP contribution in [0.3, 0.4) is 0 Å². The summed E-state index contributed by atoms with van der Waals surface area (Å²) in [6.07, 6.45) is 5.11. The van der Waals surface area contributed by atoms with Crippen LogP contribution >= 0.6 is 0 Å². The topological polar surface area (TPSA) is 38.5 Å². The van der Waals surface area contributed by atoms with E-state index in [1.54, 1.807) is 0 Å². The van der Waals surface area contributed by atoms with Gasteiger partial charge in [0.2, 0.25) is 0 Å². The first-order valence-corrected chi connectivity index (χ1v) is 7.50. The normalized spacial score (nSPS) is 14.9. The Labute approximate surface area is 116 Å². The van der Waals surface area contributed by atoms with Gasteiger partial charge in [0.05, 0.1) is 6.61 Å². The van der Waals surface area contributed by atoms with Crippen molar-refractivity contribution in [3.05, 3.63) is 29.8 Å². The third-order valence-corrected chi connectivity index (χ3v) is 3.61. The van der Waals surface area contributed by atoms with Gasteiger partial charge in [-0.05, 0) is 38.3 Å². The molecule has 0 aliphatic heterocycles. The van der Waals surface area contributed by atoms with E-state index in [-0.39, 0.29) is 0 Å². The largest absolute Gasteiger partial charge is 0.493 e. The van der Waals surface area contributed by atoms with E-state index in [2.05, 4.69) is 11.8 Å². The molecule has 2 N–H and O–H groups in total. The lowest BCUT2D eigenvalue weighted by Crippen LogP contribution is -2.29. The van der Waals surface area contributed by atoms with Crippen molar-refractivity contribution in [1.29, 1.82) is 0 Å². The summed E-state index contributed by atoms with van der Waals surface area (Å²) in [4.78, 5) is 2.61. The second-order valence-electron chi connectivity index (χ2n) is 5.28. The smallest absolute Gasteiger partial charge is 0.123 e. The molecule has 1 aliphatic carbocycles. The number of nitrogens with zero attached hydrogens (tertiary/aromatic N) is 1. The van der Waals surface area contributed by atoms with E-state index in [0.29, 0.717) is 6.54 Å². The van der Waals surface area contributed by atoms with Crippen molar-refractivity contribution in [3.8, 4) is 5.75 Å². The third kappa shape index (κ3) is 4.51. The van der Waals surface area contributed by atoms with E-state index < -0.39 is 0 Å². The van der Waals surface area contributed by atoms with Crippen LogP contribution in [0.25, 0.3) is 0 Å². The summed E-state index contributed by atoms with van der Waals surface area (Å²) in [5, 5.41) is 0. The predicted molar refractivity (Wildman–Crippen MR) is 79.3 cm³/mol.